The predicted molar refractivity (Wildman–Crippen MR) is 147 cm³/mol. The maximum Gasteiger partial charge on any atom is 0.264 e. The minimum Gasteiger partial charge on any atom is -0.357 e. The molecular formula is C28H32ClN3O4S. The first-order chi connectivity index (χ1) is 17.5. The van der Waals surface area contributed by atoms with Crippen molar-refractivity contribution in [2.45, 2.75) is 45.2 Å². The number of sulfonamides is 1. The molecule has 3 rings (SSSR count). The summed E-state index contributed by atoms with van der Waals surface area (Å²) in [5.41, 5.74) is 3.55. The third-order valence-electron chi connectivity index (χ3n) is 6.41. The molecule has 2 amide bonds. The second-order valence-corrected chi connectivity index (χ2v) is 11.2. The molecular weight excluding hydrogens is 510 g/mol. The number of hydrogen-bond donors (Lipinski definition) is 1. The Hall–Kier alpha value is -3.36. The van der Waals surface area contributed by atoms with Crippen molar-refractivity contribution in [1.29, 1.82) is 0 Å². The molecule has 0 spiro atoms. The van der Waals surface area contributed by atoms with E-state index in [0.717, 1.165) is 21.0 Å². The van der Waals surface area contributed by atoms with Gasteiger partial charge in [-0.3, -0.25) is 13.9 Å². The van der Waals surface area contributed by atoms with Crippen LogP contribution in [0.1, 0.15) is 29.2 Å². The van der Waals surface area contributed by atoms with Gasteiger partial charge in [0.2, 0.25) is 11.8 Å². The van der Waals surface area contributed by atoms with Crippen molar-refractivity contribution in [2.24, 2.45) is 0 Å². The summed E-state index contributed by atoms with van der Waals surface area (Å²) < 4.78 is 28.8. The van der Waals surface area contributed by atoms with Gasteiger partial charge in [-0.15, -0.1) is 0 Å². The summed E-state index contributed by atoms with van der Waals surface area (Å²) in [6.07, 6.45) is 0. The van der Waals surface area contributed by atoms with Crippen LogP contribution in [0.25, 0.3) is 0 Å². The molecule has 0 aromatic heterocycles. The van der Waals surface area contributed by atoms with Crippen molar-refractivity contribution in [2.75, 3.05) is 17.9 Å². The lowest BCUT2D eigenvalue weighted by atomic mass is 10.1. The summed E-state index contributed by atoms with van der Waals surface area (Å²) in [7, 11) is -2.65. The molecule has 1 N–H and O–H groups in total. The van der Waals surface area contributed by atoms with E-state index in [1.165, 1.54) is 24.1 Å². The average molecular weight is 542 g/mol. The molecule has 0 radical (unpaired) electrons. The molecule has 196 valence electrons. The summed E-state index contributed by atoms with van der Waals surface area (Å²) in [4.78, 5) is 27.9. The van der Waals surface area contributed by atoms with Crippen LogP contribution in [0.5, 0.6) is 0 Å². The van der Waals surface area contributed by atoms with E-state index >= 15 is 0 Å². The van der Waals surface area contributed by atoms with Crippen LogP contribution in [0.15, 0.2) is 71.6 Å². The van der Waals surface area contributed by atoms with Crippen LogP contribution in [0.2, 0.25) is 5.02 Å². The molecule has 0 saturated carbocycles. The zero-order valence-corrected chi connectivity index (χ0v) is 23.2. The summed E-state index contributed by atoms with van der Waals surface area (Å²) in [6.45, 7) is 6.75. The zero-order chi connectivity index (χ0) is 27.3. The Balaban J connectivity index is 2.09. The number of aryl methyl sites for hydroxylation is 2. The number of rotatable bonds is 9. The van der Waals surface area contributed by atoms with E-state index in [0.29, 0.717) is 16.3 Å². The first-order valence-electron chi connectivity index (χ1n) is 11.9. The lowest BCUT2D eigenvalue weighted by Crippen LogP contribution is -2.50. The number of amides is 2. The lowest BCUT2D eigenvalue weighted by Gasteiger charge is -2.32. The minimum absolute atomic E-state index is 0.0510. The minimum atomic E-state index is -4.14. The van der Waals surface area contributed by atoms with Gasteiger partial charge in [0.1, 0.15) is 12.6 Å². The normalized spacial score (nSPS) is 12.1. The second-order valence-electron chi connectivity index (χ2n) is 8.95. The van der Waals surface area contributed by atoms with Gasteiger partial charge in [-0.2, -0.15) is 0 Å². The molecule has 0 aliphatic carbocycles. The van der Waals surface area contributed by atoms with Crippen molar-refractivity contribution in [3.8, 4) is 0 Å². The standard InChI is InChI=1S/C28H32ClN3O4S/c1-19-13-15-24(16-14-19)37(35,36)32(26-12-8-11-25(29)21(26)3)18-27(33)31(22(4)28(34)30-5)17-23-10-7-6-9-20(23)2/h6-16,22H,17-18H2,1-5H3,(H,30,34)/t22-/m0/s1. The number of halogens is 1. The van der Waals surface area contributed by atoms with E-state index in [9.17, 15) is 18.0 Å². The third-order valence-corrected chi connectivity index (χ3v) is 8.59. The number of hydrogen-bond acceptors (Lipinski definition) is 4. The van der Waals surface area contributed by atoms with Crippen LogP contribution in [-0.2, 0) is 26.2 Å². The van der Waals surface area contributed by atoms with Crippen LogP contribution in [-0.4, -0.2) is 44.8 Å². The van der Waals surface area contributed by atoms with Gasteiger partial charge in [-0.1, -0.05) is 59.6 Å². The van der Waals surface area contributed by atoms with Crippen molar-refractivity contribution in [3.63, 3.8) is 0 Å². The average Bonchev–Trinajstić information content (AvgIpc) is 2.87. The first kappa shape index (κ1) is 28.2. The smallest absolute Gasteiger partial charge is 0.264 e. The number of benzene rings is 3. The third kappa shape index (κ3) is 6.32. The molecule has 0 aliphatic heterocycles. The van der Waals surface area contributed by atoms with E-state index < -0.39 is 28.5 Å². The largest absolute Gasteiger partial charge is 0.357 e. The summed E-state index contributed by atoms with van der Waals surface area (Å²) in [5, 5.41) is 2.96. The number of anilines is 1. The fraction of sp³-hybridized carbons (Fsp3) is 0.286. The molecule has 0 aliphatic rings. The Morgan fingerprint density at radius 1 is 0.946 bits per heavy atom. The zero-order valence-electron chi connectivity index (χ0n) is 21.7. The van der Waals surface area contributed by atoms with Crippen molar-refractivity contribution in [3.05, 3.63) is 94.0 Å². The number of likely N-dealkylation sites (N-methyl/N-ethyl adjacent to an activating group) is 1. The Labute approximate surface area is 224 Å². The monoisotopic (exact) mass is 541 g/mol. The molecule has 0 bridgehead atoms. The highest BCUT2D eigenvalue weighted by Gasteiger charge is 2.33. The molecule has 0 unspecified atom stereocenters. The van der Waals surface area contributed by atoms with Gasteiger partial charge in [-0.05, 0) is 68.7 Å². The van der Waals surface area contributed by atoms with Crippen LogP contribution in [0.3, 0.4) is 0 Å². The van der Waals surface area contributed by atoms with Crippen LogP contribution < -0.4 is 9.62 Å². The fourth-order valence-electron chi connectivity index (χ4n) is 3.98. The Morgan fingerprint density at radius 3 is 2.22 bits per heavy atom. The molecule has 37 heavy (non-hydrogen) atoms. The highest BCUT2D eigenvalue weighted by Crippen LogP contribution is 2.31. The van der Waals surface area contributed by atoms with Gasteiger partial charge in [-0.25, -0.2) is 8.42 Å². The first-order valence-corrected chi connectivity index (χ1v) is 13.7. The topological polar surface area (TPSA) is 86.8 Å². The van der Waals surface area contributed by atoms with Gasteiger partial charge in [0, 0.05) is 18.6 Å². The van der Waals surface area contributed by atoms with E-state index in [2.05, 4.69) is 5.32 Å². The number of carbonyl (C=O) groups excluding carboxylic acids is 2. The highest BCUT2D eigenvalue weighted by atomic mass is 35.5. The summed E-state index contributed by atoms with van der Waals surface area (Å²) >= 11 is 6.34. The highest BCUT2D eigenvalue weighted by molar-refractivity contribution is 7.92. The van der Waals surface area contributed by atoms with E-state index in [1.54, 1.807) is 44.2 Å². The van der Waals surface area contributed by atoms with Crippen molar-refractivity contribution in [1.82, 2.24) is 10.2 Å². The molecule has 1 atom stereocenters. The molecule has 7 nitrogen and oxygen atoms in total. The predicted octanol–water partition coefficient (Wildman–Crippen LogP) is 4.62. The van der Waals surface area contributed by atoms with Crippen LogP contribution >= 0.6 is 11.6 Å². The number of nitrogens with one attached hydrogen (secondary N) is 1. The lowest BCUT2D eigenvalue weighted by molar-refractivity contribution is -0.139. The van der Waals surface area contributed by atoms with Crippen LogP contribution in [0, 0.1) is 20.8 Å². The maximum atomic E-state index is 13.9. The summed E-state index contributed by atoms with van der Waals surface area (Å²) in [6, 6.07) is 18.1. The Bertz CT molecular complexity index is 1390. The second kappa shape index (κ2) is 11.8. The van der Waals surface area contributed by atoms with Crippen molar-refractivity contribution >= 4 is 39.1 Å². The Kier molecular flexibility index (Phi) is 8.99. The molecule has 0 heterocycles. The Morgan fingerprint density at radius 2 is 1.59 bits per heavy atom. The molecule has 0 saturated heterocycles. The van der Waals surface area contributed by atoms with Gasteiger partial charge >= 0.3 is 0 Å². The molecule has 3 aromatic carbocycles. The van der Waals surface area contributed by atoms with E-state index in [-0.39, 0.29) is 17.3 Å². The fourth-order valence-corrected chi connectivity index (χ4v) is 5.62. The molecule has 0 fully saturated rings. The number of nitrogens with zero attached hydrogens (tertiary/aromatic N) is 2. The van der Waals surface area contributed by atoms with Crippen LogP contribution in [0.4, 0.5) is 5.69 Å². The van der Waals surface area contributed by atoms with Gasteiger partial charge in [0.15, 0.2) is 0 Å². The van der Waals surface area contributed by atoms with E-state index in [1.807, 2.05) is 38.1 Å². The quantitative estimate of drug-likeness (QED) is 0.428. The van der Waals surface area contributed by atoms with Gasteiger partial charge in [0.05, 0.1) is 10.6 Å². The van der Waals surface area contributed by atoms with Gasteiger partial charge in [0.25, 0.3) is 10.0 Å². The summed E-state index contributed by atoms with van der Waals surface area (Å²) in [5.74, 6) is -0.872. The molecule has 9 heteroatoms. The van der Waals surface area contributed by atoms with Crippen molar-refractivity contribution < 1.29 is 18.0 Å². The SMILES string of the molecule is CNC(=O)[C@H](C)N(Cc1ccccc1C)C(=O)CN(c1cccc(Cl)c1C)S(=O)(=O)c1ccc(C)cc1. The molecule has 3 aromatic rings. The maximum absolute atomic E-state index is 13.9. The van der Waals surface area contributed by atoms with Gasteiger partial charge < -0.3 is 10.2 Å². The van der Waals surface area contributed by atoms with E-state index in [4.69, 9.17) is 11.6 Å². The number of carbonyl (C=O) groups is 2.